The first-order valence-corrected chi connectivity index (χ1v) is 7.11. The van der Waals surface area contributed by atoms with Crippen LogP contribution in [0.1, 0.15) is 17.8 Å². The molecule has 4 heteroatoms. The van der Waals surface area contributed by atoms with Crippen molar-refractivity contribution < 1.29 is 0 Å². The minimum Gasteiger partial charge on any atom is -0.326 e. The summed E-state index contributed by atoms with van der Waals surface area (Å²) in [7, 11) is 0. The van der Waals surface area contributed by atoms with E-state index in [4.69, 9.17) is 0 Å². The first-order valence-electron chi connectivity index (χ1n) is 6.23. The predicted molar refractivity (Wildman–Crippen MR) is 80.1 cm³/mol. The Hall–Kier alpha value is -2.07. The number of nitrogens with one attached hydrogen (secondary N) is 1. The number of hydrogen-bond donors (Lipinski definition) is 1. The average molecular weight is 269 g/mol. The normalized spacial score (nSPS) is 12.3. The first kappa shape index (κ1) is 12.0. The molecule has 19 heavy (non-hydrogen) atoms. The number of aromatic nitrogens is 2. The molecule has 0 saturated carbocycles. The highest BCUT2D eigenvalue weighted by molar-refractivity contribution is 7.10. The van der Waals surface area contributed by atoms with E-state index in [2.05, 4.69) is 39.3 Å². The molecule has 96 valence electrons. The minimum absolute atomic E-state index is 0.286. The van der Waals surface area contributed by atoms with E-state index in [0.717, 1.165) is 11.6 Å². The van der Waals surface area contributed by atoms with E-state index in [0.29, 0.717) is 0 Å². The Morgan fingerprint density at radius 2 is 2.00 bits per heavy atom. The van der Waals surface area contributed by atoms with Crippen molar-refractivity contribution in [2.45, 2.75) is 13.0 Å². The molecule has 1 atom stereocenters. The summed E-state index contributed by atoms with van der Waals surface area (Å²) in [5, 5.41) is 5.46. The van der Waals surface area contributed by atoms with Crippen molar-refractivity contribution in [1.82, 2.24) is 9.55 Å². The lowest BCUT2D eigenvalue weighted by Gasteiger charge is -2.15. The molecule has 2 heterocycles. The van der Waals surface area contributed by atoms with Gasteiger partial charge in [-0.15, -0.1) is 11.3 Å². The largest absolute Gasteiger partial charge is 0.326 e. The van der Waals surface area contributed by atoms with E-state index < -0.39 is 0 Å². The second-order valence-electron chi connectivity index (χ2n) is 4.34. The third-order valence-corrected chi connectivity index (χ3v) is 4.11. The lowest BCUT2D eigenvalue weighted by Crippen LogP contribution is -2.08. The average Bonchev–Trinajstić information content (AvgIpc) is 3.10. The van der Waals surface area contributed by atoms with Crippen molar-refractivity contribution in [3.05, 3.63) is 65.1 Å². The fourth-order valence-corrected chi connectivity index (χ4v) is 2.82. The summed E-state index contributed by atoms with van der Waals surface area (Å²) < 4.78 is 2.15. The van der Waals surface area contributed by atoms with Crippen molar-refractivity contribution in [2.75, 3.05) is 5.32 Å². The molecule has 0 aliphatic carbocycles. The van der Waals surface area contributed by atoms with Gasteiger partial charge >= 0.3 is 0 Å². The number of anilines is 2. The molecule has 0 spiro atoms. The Bertz CT molecular complexity index is 628. The fraction of sp³-hybridized carbons (Fsp3) is 0.133. The van der Waals surface area contributed by atoms with Gasteiger partial charge in [-0.2, -0.15) is 0 Å². The van der Waals surface area contributed by atoms with Gasteiger partial charge in [0.1, 0.15) is 0 Å². The Morgan fingerprint density at radius 1 is 1.16 bits per heavy atom. The van der Waals surface area contributed by atoms with Crippen LogP contribution in [0.25, 0.3) is 0 Å². The summed E-state index contributed by atoms with van der Waals surface area (Å²) in [5.74, 6) is 0.868. The molecule has 3 nitrogen and oxygen atoms in total. The van der Waals surface area contributed by atoms with Gasteiger partial charge in [-0.1, -0.05) is 24.3 Å². The summed E-state index contributed by atoms with van der Waals surface area (Å²) in [4.78, 5) is 5.73. The van der Waals surface area contributed by atoms with Crippen molar-refractivity contribution >= 4 is 23.0 Å². The maximum atomic E-state index is 4.40. The van der Waals surface area contributed by atoms with Gasteiger partial charge in [0.15, 0.2) is 0 Å². The maximum Gasteiger partial charge on any atom is 0.207 e. The summed E-state index contributed by atoms with van der Waals surface area (Å²) in [6.45, 7) is 2.18. The molecule has 0 radical (unpaired) electrons. The molecule has 3 rings (SSSR count). The molecule has 2 aromatic heterocycles. The Labute approximate surface area is 116 Å². The summed E-state index contributed by atoms with van der Waals surface area (Å²) >= 11 is 1.77. The first-order chi connectivity index (χ1) is 9.34. The predicted octanol–water partition coefficient (Wildman–Crippen LogP) is 4.30. The number of benzene rings is 1. The van der Waals surface area contributed by atoms with Gasteiger partial charge in [-0.25, -0.2) is 4.98 Å². The molecule has 1 aromatic carbocycles. The number of hydrogen-bond acceptors (Lipinski definition) is 3. The number of rotatable bonds is 4. The summed E-state index contributed by atoms with van der Waals surface area (Å²) in [5.41, 5.74) is 1.05. The van der Waals surface area contributed by atoms with Crippen molar-refractivity contribution in [1.29, 1.82) is 0 Å². The molecule has 1 N–H and O–H groups in total. The third-order valence-electron chi connectivity index (χ3n) is 3.07. The van der Waals surface area contributed by atoms with Crippen LogP contribution in [0.5, 0.6) is 0 Å². The Morgan fingerprint density at radius 3 is 2.74 bits per heavy atom. The highest BCUT2D eigenvalue weighted by Gasteiger charge is 2.12. The molecule has 0 saturated heterocycles. The van der Waals surface area contributed by atoms with E-state index in [1.807, 2.05) is 42.7 Å². The van der Waals surface area contributed by atoms with Gasteiger partial charge in [0.2, 0.25) is 5.95 Å². The maximum absolute atomic E-state index is 4.40. The van der Waals surface area contributed by atoms with Gasteiger partial charge in [0, 0.05) is 23.0 Å². The molecule has 3 aromatic rings. The van der Waals surface area contributed by atoms with E-state index in [1.165, 1.54) is 4.88 Å². The van der Waals surface area contributed by atoms with Gasteiger partial charge in [-0.3, -0.25) is 0 Å². The van der Waals surface area contributed by atoms with Gasteiger partial charge in [0.25, 0.3) is 0 Å². The smallest absolute Gasteiger partial charge is 0.207 e. The van der Waals surface area contributed by atoms with Crippen LogP contribution < -0.4 is 5.32 Å². The molecule has 0 aliphatic heterocycles. The van der Waals surface area contributed by atoms with Crippen LogP contribution in [0.15, 0.2) is 60.2 Å². The summed E-state index contributed by atoms with van der Waals surface area (Å²) in [6, 6.07) is 14.6. The van der Waals surface area contributed by atoms with Crippen LogP contribution in [-0.2, 0) is 0 Å². The molecular formula is C15H15N3S. The monoisotopic (exact) mass is 269 g/mol. The van der Waals surface area contributed by atoms with E-state index >= 15 is 0 Å². The number of nitrogens with zero attached hydrogens (tertiary/aromatic N) is 2. The lowest BCUT2D eigenvalue weighted by atomic mass is 10.3. The van der Waals surface area contributed by atoms with Gasteiger partial charge in [0.05, 0.1) is 6.04 Å². The molecule has 0 fully saturated rings. The Kier molecular flexibility index (Phi) is 3.33. The molecule has 0 amide bonds. The lowest BCUT2D eigenvalue weighted by molar-refractivity contribution is 0.658. The topological polar surface area (TPSA) is 29.9 Å². The quantitative estimate of drug-likeness (QED) is 0.765. The number of imidazole rings is 1. The fourth-order valence-electron chi connectivity index (χ4n) is 2.04. The molecule has 1 unspecified atom stereocenters. The molecular weight excluding hydrogens is 254 g/mol. The van der Waals surface area contributed by atoms with Crippen LogP contribution in [0.4, 0.5) is 11.6 Å². The van der Waals surface area contributed by atoms with Crippen LogP contribution in [0.3, 0.4) is 0 Å². The number of thiophene rings is 1. The second-order valence-corrected chi connectivity index (χ2v) is 5.32. The zero-order valence-electron chi connectivity index (χ0n) is 10.7. The van der Waals surface area contributed by atoms with Crippen molar-refractivity contribution in [3.8, 4) is 0 Å². The van der Waals surface area contributed by atoms with Crippen molar-refractivity contribution in [2.24, 2.45) is 0 Å². The van der Waals surface area contributed by atoms with Gasteiger partial charge < -0.3 is 9.88 Å². The third kappa shape index (κ3) is 2.53. The molecule has 0 bridgehead atoms. The second kappa shape index (κ2) is 5.28. The van der Waals surface area contributed by atoms with Gasteiger partial charge in [-0.05, 0) is 30.5 Å². The van der Waals surface area contributed by atoms with Crippen LogP contribution in [0.2, 0.25) is 0 Å². The van der Waals surface area contributed by atoms with E-state index in [-0.39, 0.29) is 6.04 Å². The van der Waals surface area contributed by atoms with E-state index in [1.54, 1.807) is 11.3 Å². The highest BCUT2D eigenvalue weighted by atomic mass is 32.1. The number of para-hydroxylation sites is 1. The minimum atomic E-state index is 0.286. The molecule has 0 aliphatic rings. The van der Waals surface area contributed by atoms with E-state index in [9.17, 15) is 0 Å². The highest BCUT2D eigenvalue weighted by Crippen LogP contribution is 2.26. The van der Waals surface area contributed by atoms with Crippen molar-refractivity contribution in [3.63, 3.8) is 0 Å². The zero-order valence-corrected chi connectivity index (χ0v) is 11.5. The Balaban J connectivity index is 1.87. The van der Waals surface area contributed by atoms with Crippen LogP contribution in [-0.4, -0.2) is 9.55 Å². The van der Waals surface area contributed by atoms with Crippen LogP contribution >= 0.6 is 11.3 Å². The SMILES string of the molecule is CC(c1cccs1)n1ccnc1Nc1ccccc1. The standard InChI is InChI=1S/C15H15N3S/c1-12(14-8-5-11-19-14)18-10-9-16-15(18)17-13-6-3-2-4-7-13/h2-12H,1H3,(H,16,17). The zero-order chi connectivity index (χ0) is 13.1. The summed E-state index contributed by atoms with van der Waals surface area (Å²) in [6.07, 6.45) is 3.84. The van der Waals surface area contributed by atoms with Crippen LogP contribution in [0, 0.1) is 0 Å².